The van der Waals surface area contributed by atoms with Crippen molar-refractivity contribution in [2.45, 2.75) is 19.4 Å². The molecule has 3 rings (SSSR count). The van der Waals surface area contributed by atoms with Crippen LogP contribution < -0.4 is 10.1 Å². The molecular formula is C17H18BrN3O2. The van der Waals surface area contributed by atoms with Gasteiger partial charge in [-0.3, -0.25) is 0 Å². The first-order valence-corrected chi connectivity index (χ1v) is 8.31. The molecule has 0 saturated carbocycles. The van der Waals surface area contributed by atoms with E-state index in [1.54, 1.807) is 11.1 Å². The van der Waals surface area contributed by atoms with Gasteiger partial charge in [0, 0.05) is 24.8 Å². The van der Waals surface area contributed by atoms with Crippen molar-refractivity contribution in [2.75, 3.05) is 18.4 Å². The molecule has 1 fully saturated rings. The van der Waals surface area contributed by atoms with Crippen LogP contribution in [0.5, 0.6) is 5.88 Å². The Labute approximate surface area is 143 Å². The van der Waals surface area contributed by atoms with Gasteiger partial charge in [0.15, 0.2) is 0 Å². The maximum Gasteiger partial charge on any atom is 0.321 e. The normalized spacial score (nSPS) is 17.1. The number of nitrogens with one attached hydrogen (secondary N) is 1. The quantitative estimate of drug-likeness (QED) is 0.886. The van der Waals surface area contributed by atoms with Crippen molar-refractivity contribution in [3.63, 3.8) is 0 Å². The smallest absolute Gasteiger partial charge is 0.321 e. The lowest BCUT2D eigenvalue weighted by molar-refractivity contribution is 0.189. The molecule has 1 saturated heterocycles. The molecule has 0 aliphatic carbocycles. The molecule has 1 aliphatic rings. The molecule has 2 amide bonds. The Balaban J connectivity index is 1.58. The third-order valence-electron chi connectivity index (χ3n) is 3.82. The highest BCUT2D eigenvalue weighted by molar-refractivity contribution is 9.10. The number of amides is 2. The molecule has 2 heterocycles. The van der Waals surface area contributed by atoms with Crippen molar-refractivity contribution in [1.29, 1.82) is 0 Å². The highest BCUT2D eigenvalue weighted by Crippen LogP contribution is 2.25. The zero-order valence-corrected chi connectivity index (χ0v) is 14.4. The second-order valence-corrected chi connectivity index (χ2v) is 6.36. The van der Waals surface area contributed by atoms with Gasteiger partial charge < -0.3 is 15.0 Å². The number of hydrogen-bond acceptors (Lipinski definition) is 3. The molecule has 23 heavy (non-hydrogen) atoms. The highest BCUT2D eigenvalue weighted by atomic mass is 79.9. The maximum atomic E-state index is 12.4. The van der Waals surface area contributed by atoms with Crippen LogP contribution in [-0.2, 0) is 0 Å². The summed E-state index contributed by atoms with van der Waals surface area (Å²) in [5.41, 5.74) is 1.89. The van der Waals surface area contributed by atoms with E-state index in [0.717, 1.165) is 22.1 Å². The van der Waals surface area contributed by atoms with Gasteiger partial charge in [-0.2, -0.15) is 0 Å². The van der Waals surface area contributed by atoms with Gasteiger partial charge in [-0.05, 0) is 46.6 Å². The van der Waals surface area contributed by atoms with Gasteiger partial charge >= 0.3 is 6.03 Å². The molecular weight excluding hydrogens is 358 g/mol. The average molecular weight is 376 g/mol. The maximum absolute atomic E-state index is 12.4. The van der Waals surface area contributed by atoms with Gasteiger partial charge in [0.05, 0.1) is 11.0 Å². The second-order valence-electron chi connectivity index (χ2n) is 5.51. The van der Waals surface area contributed by atoms with Gasteiger partial charge in [0.25, 0.3) is 0 Å². The van der Waals surface area contributed by atoms with E-state index >= 15 is 0 Å². The molecule has 1 unspecified atom stereocenters. The van der Waals surface area contributed by atoms with Crippen LogP contribution in [0.15, 0.2) is 47.1 Å². The van der Waals surface area contributed by atoms with Crippen LogP contribution in [0.1, 0.15) is 12.0 Å². The first-order chi connectivity index (χ1) is 11.1. The third-order valence-corrected chi connectivity index (χ3v) is 4.43. The monoisotopic (exact) mass is 375 g/mol. The molecule has 1 atom stereocenters. The molecule has 120 valence electrons. The molecule has 0 radical (unpaired) electrons. The number of benzene rings is 1. The number of aromatic nitrogens is 1. The molecule has 1 aliphatic heterocycles. The fourth-order valence-electron chi connectivity index (χ4n) is 2.53. The van der Waals surface area contributed by atoms with Crippen LogP contribution in [0, 0.1) is 6.92 Å². The summed E-state index contributed by atoms with van der Waals surface area (Å²) < 4.78 is 6.70. The van der Waals surface area contributed by atoms with E-state index in [4.69, 9.17) is 4.74 Å². The number of carbonyl (C=O) groups excluding carboxylic acids is 1. The Morgan fingerprint density at radius 1 is 1.35 bits per heavy atom. The summed E-state index contributed by atoms with van der Waals surface area (Å²) in [6, 6.07) is 11.4. The minimum absolute atomic E-state index is 0.0381. The van der Waals surface area contributed by atoms with E-state index in [0.29, 0.717) is 19.0 Å². The number of nitrogens with zero attached hydrogens (tertiary/aromatic N) is 2. The highest BCUT2D eigenvalue weighted by Gasteiger charge is 2.28. The van der Waals surface area contributed by atoms with Crippen molar-refractivity contribution in [3.05, 3.63) is 52.6 Å². The number of hydrogen-bond donors (Lipinski definition) is 1. The fourth-order valence-corrected chi connectivity index (χ4v) is 2.88. The Kier molecular flexibility index (Phi) is 4.81. The van der Waals surface area contributed by atoms with Crippen molar-refractivity contribution >= 4 is 27.6 Å². The Morgan fingerprint density at radius 2 is 2.17 bits per heavy atom. The van der Waals surface area contributed by atoms with Crippen LogP contribution in [0.4, 0.5) is 10.5 Å². The van der Waals surface area contributed by atoms with E-state index in [1.807, 2.05) is 43.3 Å². The summed E-state index contributed by atoms with van der Waals surface area (Å²) in [4.78, 5) is 18.3. The van der Waals surface area contributed by atoms with E-state index in [9.17, 15) is 4.79 Å². The van der Waals surface area contributed by atoms with Gasteiger partial charge in [0.1, 0.15) is 6.10 Å². The first-order valence-electron chi connectivity index (χ1n) is 7.52. The molecule has 0 bridgehead atoms. The molecule has 2 aromatic rings. The largest absolute Gasteiger partial charge is 0.472 e. The van der Waals surface area contributed by atoms with Crippen molar-refractivity contribution in [1.82, 2.24) is 9.88 Å². The predicted octanol–water partition coefficient (Wildman–Crippen LogP) is 3.84. The number of ether oxygens (including phenoxy) is 1. The van der Waals surface area contributed by atoms with E-state index in [2.05, 4.69) is 26.2 Å². The van der Waals surface area contributed by atoms with E-state index in [1.165, 1.54) is 0 Å². The van der Waals surface area contributed by atoms with E-state index in [-0.39, 0.29) is 12.1 Å². The molecule has 5 nitrogen and oxygen atoms in total. The molecule has 1 aromatic heterocycles. The number of carbonyl (C=O) groups is 1. The van der Waals surface area contributed by atoms with Crippen LogP contribution in [0.3, 0.4) is 0 Å². The van der Waals surface area contributed by atoms with Gasteiger partial charge in [-0.15, -0.1) is 0 Å². The minimum Gasteiger partial charge on any atom is -0.472 e. The second kappa shape index (κ2) is 7.00. The van der Waals surface area contributed by atoms with Crippen molar-refractivity contribution < 1.29 is 9.53 Å². The van der Waals surface area contributed by atoms with Gasteiger partial charge in [-0.25, -0.2) is 9.78 Å². The molecule has 6 heteroatoms. The number of aryl methyl sites for hydroxylation is 1. The van der Waals surface area contributed by atoms with E-state index < -0.39 is 0 Å². The lowest BCUT2D eigenvalue weighted by Crippen LogP contribution is -2.34. The topological polar surface area (TPSA) is 54.5 Å². The number of rotatable bonds is 3. The number of para-hydroxylation sites is 1. The Bertz CT molecular complexity index is 708. The summed E-state index contributed by atoms with van der Waals surface area (Å²) in [7, 11) is 0. The summed E-state index contributed by atoms with van der Waals surface area (Å²) >= 11 is 3.42. The Hall–Kier alpha value is -2.08. The van der Waals surface area contributed by atoms with Gasteiger partial charge in [0.2, 0.25) is 5.88 Å². The van der Waals surface area contributed by atoms with Crippen molar-refractivity contribution in [3.8, 4) is 5.88 Å². The summed E-state index contributed by atoms with van der Waals surface area (Å²) in [6.07, 6.45) is 2.45. The van der Waals surface area contributed by atoms with Gasteiger partial charge in [-0.1, -0.05) is 18.2 Å². The molecule has 1 aromatic carbocycles. The first kappa shape index (κ1) is 15.8. The number of halogens is 1. The lowest BCUT2D eigenvalue weighted by Gasteiger charge is -2.18. The molecule has 1 N–H and O–H groups in total. The standard InChI is InChI=1S/C17H18BrN3O2/c1-12-5-2-3-7-15(12)20-17(22)21-10-8-13(11-21)23-16-14(18)6-4-9-19-16/h2-7,9,13H,8,10-11H2,1H3,(H,20,22). The number of urea groups is 1. The fraction of sp³-hybridized carbons (Fsp3) is 0.294. The zero-order chi connectivity index (χ0) is 16.2. The summed E-state index contributed by atoms with van der Waals surface area (Å²) in [5.74, 6) is 0.568. The van der Waals surface area contributed by atoms with Crippen LogP contribution in [-0.4, -0.2) is 35.1 Å². The van der Waals surface area contributed by atoms with Crippen LogP contribution >= 0.6 is 15.9 Å². The predicted molar refractivity (Wildman–Crippen MR) is 92.7 cm³/mol. The molecule has 0 spiro atoms. The third kappa shape index (κ3) is 3.82. The van der Waals surface area contributed by atoms with Crippen LogP contribution in [0.2, 0.25) is 0 Å². The zero-order valence-electron chi connectivity index (χ0n) is 12.8. The van der Waals surface area contributed by atoms with Crippen molar-refractivity contribution in [2.24, 2.45) is 0 Å². The summed E-state index contributed by atoms with van der Waals surface area (Å²) in [6.45, 7) is 3.21. The number of anilines is 1. The minimum atomic E-state index is -0.0921. The summed E-state index contributed by atoms with van der Waals surface area (Å²) in [5, 5.41) is 2.95. The van der Waals surface area contributed by atoms with Crippen LogP contribution in [0.25, 0.3) is 0 Å². The Morgan fingerprint density at radius 3 is 2.96 bits per heavy atom. The number of likely N-dealkylation sites (tertiary alicyclic amines) is 1. The number of pyridine rings is 1. The lowest BCUT2D eigenvalue weighted by atomic mass is 10.2. The SMILES string of the molecule is Cc1ccccc1NC(=O)N1CCC(Oc2ncccc2Br)C1. The average Bonchev–Trinajstić information content (AvgIpc) is 3.01.